The SMILES string of the molecule is CN=C(NCc1c(C)nn(C)c1C)NCC1CCCC(C(F)(F)F)C1.I. The van der Waals surface area contributed by atoms with Crippen molar-refractivity contribution in [2.45, 2.75) is 52.3 Å². The second kappa shape index (κ2) is 9.80. The Kier molecular flexibility index (Phi) is 8.68. The zero-order chi connectivity index (χ0) is 18.6. The summed E-state index contributed by atoms with van der Waals surface area (Å²) in [4.78, 5) is 4.17. The number of rotatable bonds is 4. The fourth-order valence-electron chi connectivity index (χ4n) is 3.48. The van der Waals surface area contributed by atoms with Crippen LogP contribution in [0.25, 0.3) is 0 Å². The van der Waals surface area contributed by atoms with Gasteiger partial charge in [0.15, 0.2) is 5.96 Å². The first-order valence-corrected chi connectivity index (χ1v) is 8.72. The Balaban J connectivity index is 0.00000338. The summed E-state index contributed by atoms with van der Waals surface area (Å²) in [5, 5.41) is 10.8. The van der Waals surface area contributed by atoms with Crippen LogP contribution < -0.4 is 10.6 Å². The molecule has 26 heavy (non-hydrogen) atoms. The van der Waals surface area contributed by atoms with Crippen LogP contribution in [0.15, 0.2) is 4.99 Å². The lowest BCUT2D eigenvalue weighted by atomic mass is 9.81. The highest BCUT2D eigenvalue weighted by molar-refractivity contribution is 14.0. The molecular formula is C17H29F3IN5. The van der Waals surface area contributed by atoms with Gasteiger partial charge in [0.05, 0.1) is 11.6 Å². The second-order valence-corrected chi connectivity index (χ2v) is 6.85. The maximum Gasteiger partial charge on any atom is 0.391 e. The number of aryl methyl sites for hydroxylation is 2. The van der Waals surface area contributed by atoms with E-state index in [1.165, 1.54) is 0 Å². The first-order chi connectivity index (χ1) is 11.7. The van der Waals surface area contributed by atoms with Gasteiger partial charge in [0.1, 0.15) is 0 Å². The molecule has 1 fully saturated rings. The molecule has 0 aromatic carbocycles. The van der Waals surface area contributed by atoms with Crippen molar-refractivity contribution in [1.29, 1.82) is 0 Å². The van der Waals surface area contributed by atoms with Gasteiger partial charge in [0.25, 0.3) is 0 Å². The minimum absolute atomic E-state index is 0. The van der Waals surface area contributed by atoms with Crippen LogP contribution in [0.5, 0.6) is 0 Å². The number of aromatic nitrogens is 2. The fourth-order valence-corrected chi connectivity index (χ4v) is 3.48. The molecule has 1 aliphatic carbocycles. The van der Waals surface area contributed by atoms with Gasteiger partial charge in [-0.1, -0.05) is 6.42 Å². The minimum Gasteiger partial charge on any atom is -0.356 e. The van der Waals surface area contributed by atoms with E-state index >= 15 is 0 Å². The van der Waals surface area contributed by atoms with Gasteiger partial charge in [-0.15, -0.1) is 24.0 Å². The first-order valence-electron chi connectivity index (χ1n) is 8.72. The van der Waals surface area contributed by atoms with Crippen LogP contribution in [0.2, 0.25) is 0 Å². The van der Waals surface area contributed by atoms with Gasteiger partial charge < -0.3 is 10.6 Å². The molecule has 0 aliphatic heterocycles. The number of nitrogens with one attached hydrogen (secondary N) is 2. The predicted octanol–water partition coefficient (Wildman–Crippen LogP) is 3.69. The lowest BCUT2D eigenvalue weighted by Gasteiger charge is -2.30. The van der Waals surface area contributed by atoms with E-state index in [-0.39, 0.29) is 42.7 Å². The predicted molar refractivity (Wildman–Crippen MR) is 108 cm³/mol. The maximum absolute atomic E-state index is 12.9. The Morgan fingerprint density at radius 3 is 2.50 bits per heavy atom. The molecule has 1 aromatic rings. The van der Waals surface area contributed by atoms with Gasteiger partial charge >= 0.3 is 6.18 Å². The number of aliphatic imine (C=N–C) groups is 1. The van der Waals surface area contributed by atoms with Crippen molar-refractivity contribution in [2.75, 3.05) is 13.6 Å². The number of guanidine groups is 1. The Morgan fingerprint density at radius 1 is 1.27 bits per heavy atom. The smallest absolute Gasteiger partial charge is 0.356 e. The molecule has 150 valence electrons. The lowest BCUT2D eigenvalue weighted by molar-refractivity contribution is -0.185. The standard InChI is InChI=1S/C17H28F3N5.HI/c1-11-15(12(2)25(4)24-11)10-23-16(21-3)22-9-13-6-5-7-14(8-13)17(18,19)20;/h13-14H,5-10H2,1-4H3,(H2,21,22,23);1H. The zero-order valence-electron chi connectivity index (χ0n) is 15.8. The van der Waals surface area contributed by atoms with Crippen molar-refractivity contribution in [3.05, 3.63) is 17.0 Å². The van der Waals surface area contributed by atoms with Crippen molar-refractivity contribution in [2.24, 2.45) is 23.9 Å². The van der Waals surface area contributed by atoms with Crippen LogP contribution in [0.4, 0.5) is 13.2 Å². The molecule has 2 atom stereocenters. The Bertz CT molecular complexity index is 612. The maximum atomic E-state index is 12.9. The summed E-state index contributed by atoms with van der Waals surface area (Å²) >= 11 is 0. The van der Waals surface area contributed by atoms with E-state index in [2.05, 4.69) is 20.7 Å². The van der Waals surface area contributed by atoms with Crippen molar-refractivity contribution < 1.29 is 13.2 Å². The fraction of sp³-hybridized carbons (Fsp3) is 0.765. The van der Waals surface area contributed by atoms with E-state index in [9.17, 15) is 13.2 Å². The molecule has 0 saturated heterocycles. The average Bonchev–Trinajstić information content (AvgIpc) is 2.80. The molecule has 0 spiro atoms. The molecule has 0 radical (unpaired) electrons. The van der Waals surface area contributed by atoms with Gasteiger partial charge in [-0.05, 0) is 39.0 Å². The summed E-state index contributed by atoms with van der Waals surface area (Å²) in [6.07, 6.45) is -2.15. The molecule has 2 rings (SSSR count). The number of nitrogens with zero attached hydrogens (tertiary/aromatic N) is 3. The molecule has 5 nitrogen and oxygen atoms in total. The third kappa shape index (κ3) is 6.02. The Labute approximate surface area is 170 Å². The molecule has 2 N–H and O–H groups in total. The molecular weight excluding hydrogens is 458 g/mol. The molecule has 1 aliphatic rings. The highest BCUT2D eigenvalue weighted by atomic mass is 127. The lowest BCUT2D eigenvalue weighted by Crippen LogP contribution is -2.41. The molecule has 2 unspecified atom stereocenters. The van der Waals surface area contributed by atoms with Crippen LogP contribution >= 0.6 is 24.0 Å². The molecule has 1 heterocycles. The second-order valence-electron chi connectivity index (χ2n) is 6.85. The van der Waals surface area contributed by atoms with Crippen LogP contribution in [0.3, 0.4) is 0 Å². The molecule has 0 amide bonds. The van der Waals surface area contributed by atoms with Crippen LogP contribution in [0.1, 0.15) is 42.6 Å². The van der Waals surface area contributed by atoms with Gasteiger partial charge in [-0.3, -0.25) is 9.67 Å². The third-order valence-corrected chi connectivity index (χ3v) is 5.12. The summed E-state index contributed by atoms with van der Waals surface area (Å²) in [7, 11) is 3.57. The van der Waals surface area contributed by atoms with Crippen molar-refractivity contribution in [3.63, 3.8) is 0 Å². The minimum atomic E-state index is -4.08. The molecule has 9 heteroatoms. The van der Waals surface area contributed by atoms with E-state index in [1.807, 2.05) is 25.6 Å². The van der Waals surface area contributed by atoms with Crippen LogP contribution in [-0.2, 0) is 13.6 Å². The monoisotopic (exact) mass is 487 g/mol. The summed E-state index contributed by atoms with van der Waals surface area (Å²) < 4.78 is 40.5. The Hall–Kier alpha value is -1.00. The van der Waals surface area contributed by atoms with Crippen molar-refractivity contribution >= 4 is 29.9 Å². The molecule has 1 aromatic heterocycles. The number of hydrogen-bond acceptors (Lipinski definition) is 2. The van der Waals surface area contributed by atoms with Crippen molar-refractivity contribution in [1.82, 2.24) is 20.4 Å². The largest absolute Gasteiger partial charge is 0.391 e. The van der Waals surface area contributed by atoms with E-state index < -0.39 is 12.1 Å². The van der Waals surface area contributed by atoms with Gasteiger partial charge in [0, 0.05) is 38.4 Å². The quantitative estimate of drug-likeness (QED) is 0.387. The number of hydrogen-bond donors (Lipinski definition) is 2. The zero-order valence-corrected chi connectivity index (χ0v) is 18.1. The van der Waals surface area contributed by atoms with Crippen LogP contribution in [0, 0.1) is 25.7 Å². The third-order valence-electron chi connectivity index (χ3n) is 5.12. The van der Waals surface area contributed by atoms with E-state index in [0.29, 0.717) is 25.5 Å². The molecule has 0 bridgehead atoms. The number of halogens is 4. The van der Waals surface area contributed by atoms with Gasteiger partial charge in [0.2, 0.25) is 0 Å². The highest BCUT2D eigenvalue weighted by Gasteiger charge is 2.42. The van der Waals surface area contributed by atoms with Gasteiger partial charge in [-0.25, -0.2) is 0 Å². The summed E-state index contributed by atoms with van der Waals surface area (Å²) in [5.41, 5.74) is 3.16. The highest BCUT2D eigenvalue weighted by Crippen LogP contribution is 2.39. The summed E-state index contributed by atoms with van der Waals surface area (Å²) in [5.74, 6) is -0.527. The van der Waals surface area contributed by atoms with Gasteiger partial charge in [-0.2, -0.15) is 18.3 Å². The molecule has 1 saturated carbocycles. The van der Waals surface area contributed by atoms with E-state index in [0.717, 1.165) is 23.4 Å². The topological polar surface area (TPSA) is 54.2 Å². The first kappa shape index (κ1) is 23.0. The van der Waals surface area contributed by atoms with Crippen molar-refractivity contribution in [3.8, 4) is 0 Å². The normalized spacial score (nSPS) is 21.3. The number of alkyl halides is 3. The Morgan fingerprint density at radius 2 is 1.96 bits per heavy atom. The van der Waals surface area contributed by atoms with Crippen LogP contribution in [-0.4, -0.2) is 35.5 Å². The van der Waals surface area contributed by atoms with E-state index in [1.54, 1.807) is 7.05 Å². The average molecular weight is 487 g/mol. The summed E-state index contributed by atoms with van der Waals surface area (Å²) in [6.45, 7) is 5.06. The van der Waals surface area contributed by atoms with E-state index in [4.69, 9.17) is 0 Å². The summed E-state index contributed by atoms with van der Waals surface area (Å²) in [6, 6.07) is 0.